The van der Waals surface area contributed by atoms with Crippen molar-refractivity contribution in [2.75, 3.05) is 105 Å². The van der Waals surface area contributed by atoms with Crippen molar-refractivity contribution in [2.45, 2.75) is 0 Å². The third kappa shape index (κ3) is 40.6. The first kappa shape index (κ1) is 45.5. The highest BCUT2D eigenvalue weighted by atomic mass is 32.2. The van der Waals surface area contributed by atoms with Crippen LogP contribution in [0.2, 0.25) is 0 Å². The quantitative estimate of drug-likeness (QED) is 0.0178. The lowest BCUT2D eigenvalue weighted by Crippen LogP contribution is -2.24. The van der Waals surface area contributed by atoms with Crippen LogP contribution in [0, 0.1) is 0 Å². The van der Waals surface area contributed by atoms with E-state index < -0.39 is 12.2 Å². The number of ether oxygens (including phenoxy) is 2. The first-order chi connectivity index (χ1) is 22.2. The normalized spacial score (nSPS) is 11.2. The molecule has 0 bridgehead atoms. The van der Waals surface area contributed by atoms with Crippen LogP contribution >= 0.6 is 106 Å². The van der Waals surface area contributed by atoms with Crippen molar-refractivity contribution in [3.63, 3.8) is 0 Å². The van der Waals surface area contributed by atoms with Gasteiger partial charge in [-0.25, -0.2) is 19.6 Å². The highest BCUT2D eigenvalue weighted by Crippen LogP contribution is 2.18. The van der Waals surface area contributed by atoms with Crippen molar-refractivity contribution < 1.29 is 48.8 Å². The summed E-state index contributed by atoms with van der Waals surface area (Å²) in [4.78, 5) is 50.9. The summed E-state index contributed by atoms with van der Waals surface area (Å²) in [5.74, 6) is 5.32. The van der Waals surface area contributed by atoms with Crippen LogP contribution in [0.25, 0.3) is 0 Å². The van der Waals surface area contributed by atoms with E-state index in [1.165, 1.54) is 36.3 Å². The molecular weight excluding hydrogens is 769 g/mol. The predicted molar refractivity (Wildman–Crippen MR) is 201 cm³/mol. The lowest BCUT2D eigenvalue weighted by Gasteiger charge is -2.06. The zero-order valence-electron chi connectivity index (χ0n) is 24.6. The molecule has 2 amide bonds. The number of nitrogens with zero attached hydrogens (tertiary/aromatic N) is 2. The van der Waals surface area contributed by atoms with Crippen LogP contribution in [0.1, 0.15) is 0 Å². The van der Waals surface area contributed by atoms with E-state index in [-0.39, 0.29) is 19.2 Å². The van der Waals surface area contributed by atoms with Crippen LogP contribution < -0.4 is 10.6 Å². The van der Waals surface area contributed by atoms with Gasteiger partial charge in [0.25, 0.3) is 0 Å². The van der Waals surface area contributed by atoms with Crippen molar-refractivity contribution in [3.05, 3.63) is 0 Å². The average Bonchev–Trinajstić information content (AvgIpc) is 3.04. The molecule has 0 aliphatic rings. The molecule has 0 aromatic carbocycles. The number of hydrogen-bond acceptors (Lipinski definition) is 21. The van der Waals surface area contributed by atoms with Gasteiger partial charge < -0.3 is 40.1 Å². The first-order valence-electron chi connectivity index (χ1n) is 13.0. The van der Waals surface area contributed by atoms with E-state index in [9.17, 15) is 9.59 Å². The summed E-state index contributed by atoms with van der Waals surface area (Å²) in [7, 11) is 0. The van der Waals surface area contributed by atoms with Crippen molar-refractivity contribution in [1.82, 2.24) is 10.6 Å². The molecule has 14 nitrogen and oxygen atoms in total. The molecule has 264 valence electrons. The highest BCUT2D eigenvalue weighted by molar-refractivity contribution is 8.22. The number of alkyl carbamates (subject to hydrolysis) is 2. The minimum absolute atomic E-state index is 0.124. The summed E-state index contributed by atoms with van der Waals surface area (Å²) >= 11 is 14.1. The SMILES string of the molecule is O=C(NCSCSCN=COOCSCSCSCOC(=O)NCSCSCN=COOCCSCCO)OCCSCCO. The fourth-order valence-electron chi connectivity index (χ4n) is 1.93. The van der Waals surface area contributed by atoms with Crippen LogP contribution in [0.5, 0.6) is 0 Å². The summed E-state index contributed by atoms with van der Waals surface area (Å²) in [6.45, 7) is 1.04. The Bertz CT molecular complexity index is 728. The predicted octanol–water partition coefficient (Wildman–Crippen LogP) is 4.55. The molecular formula is C22H42N4O10S9. The summed E-state index contributed by atoms with van der Waals surface area (Å²) in [6, 6.07) is 0. The maximum Gasteiger partial charge on any atom is 0.408 e. The van der Waals surface area contributed by atoms with E-state index in [0.29, 0.717) is 59.9 Å². The van der Waals surface area contributed by atoms with Crippen molar-refractivity contribution >= 4 is 131 Å². The summed E-state index contributed by atoms with van der Waals surface area (Å²) < 4.78 is 10.1. The van der Waals surface area contributed by atoms with Gasteiger partial charge in [0.05, 0.1) is 36.7 Å². The molecule has 0 heterocycles. The molecule has 0 unspecified atom stereocenters. The molecule has 0 atom stereocenters. The molecule has 0 rings (SSSR count). The maximum absolute atomic E-state index is 11.7. The van der Waals surface area contributed by atoms with Crippen LogP contribution in [0.15, 0.2) is 9.98 Å². The average molecular weight is 811 g/mol. The highest BCUT2D eigenvalue weighted by Gasteiger charge is 2.02. The molecule has 0 radical (unpaired) electrons. The Balaban J connectivity index is 3.27. The number of thioether (sulfide) groups is 9. The number of aliphatic hydroxyl groups excluding tert-OH is 2. The second kappa shape index (κ2) is 40.6. The van der Waals surface area contributed by atoms with Crippen molar-refractivity contribution in [2.24, 2.45) is 9.98 Å². The molecule has 0 aromatic rings. The standard InChI is InChI=1S/C22H42N4O10S9/c27-1-5-37-7-3-31-21(29)25-13-41-17-40-12-24-10-35-36-16-44-20-45-19-43-15-32-22(30)26-14-42-18-39-11-23-9-34-33-4-8-38-6-2-28/h9-10,27-28H,1-8,11-20H2,(H,25,29)(H,26,30). The molecule has 23 heteroatoms. The van der Waals surface area contributed by atoms with Crippen LogP contribution in [0.4, 0.5) is 9.59 Å². The van der Waals surface area contributed by atoms with E-state index in [1.807, 2.05) is 0 Å². The fourth-order valence-corrected chi connectivity index (χ4v) is 8.65. The Kier molecular flexibility index (Phi) is 41.1. The molecule has 0 aromatic heterocycles. The van der Waals surface area contributed by atoms with Gasteiger partial charge in [0.2, 0.25) is 12.8 Å². The molecule has 0 saturated heterocycles. The number of carbonyl (C=O) groups excluding carboxylic acids is 2. The topological polar surface area (TPSA) is 179 Å². The Labute approximate surface area is 303 Å². The number of amides is 2. The Morgan fingerprint density at radius 1 is 0.578 bits per heavy atom. The van der Waals surface area contributed by atoms with Crippen LogP contribution in [0.3, 0.4) is 0 Å². The molecule has 0 spiro atoms. The zero-order chi connectivity index (χ0) is 32.7. The third-order valence-electron chi connectivity index (χ3n) is 3.65. The number of rotatable bonds is 34. The van der Waals surface area contributed by atoms with Gasteiger partial charge in [0.1, 0.15) is 25.1 Å². The molecule has 0 fully saturated rings. The van der Waals surface area contributed by atoms with Gasteiger partial charge in [-0.3, -0.25) is 0 Å². The Morgan fingerprint density at radius 3 is 1.73 bits per heavy atom. The van der Waals surface area contributed by atoms with Gasteiger partial charge in [-0.05, 0) is 0 Å². The van der Waals surface area contributed by atoms with E-state index in [2.05, 4.69) is 20.6 Å². The van der Waals surface area contributed by atoms with E-state index in [0.717, 1.165) is 26.1 Å². The Morgan fingerprint density at radius 2 is 1.11 bits per heavy atom. The minimum Gasteiger partial charge on any atom is -0.449 e. The monoisotopic (exact) mass is 810 g/mol. The van der Waals surface area contributed by atoms with Crippen LogP contribution in [-0.4, -0.2) is 140 Å². The minimum atomic E-state index is -0.444. The molecule has 45 heavy (non-hydrogen) atoms. The lowest BCUT2D eigenvalue weighted by molar-refractivity contribution is -0.210. The summed E-state index contributed by atoms with van der Waals surface area (Å²) in [5.41, 5.74) is 0. The molecule has 4 N–H and O–H groups in total. The number of nitrogens with one attached hydrogen (secondary N) is 2. The molecule has 0 aliphatic carbocycles. The van der Waals surface area contributed by atoms with Gasteiger partial charge in [0, 0.05) is 43.4 Å². The zero-order valence-corrected chi connectivity index (χ0v) is 32.0. The summed E-state index contributed by atoms with van der Waals surface area (Å²) in [5, 5.41) is 25.8. The van der Waals surface area contributed by atoms with E-state index in [4.69, 9.17) is 39.2 Å². The number of aliphatic imine (C=N–C) groups is 2. The second-order valence-corrected chi connectivity index (χ2v) is 17.6. The van der Waals surface area contributed by atoms with E-state index in [1.54, 1.807) is 82.3 Å². The van der Waals surface area contributed by atoms with Gasteiger partial charge >= 0.3 is 12.2 Å². The van der Waals surface area contributed by atoms with Gasteiger partial charge in [-0.1, -0.05) is 0 Å². The van der Waals surface area contributed by atoms with Gasteiger partial charge in [0.15, 0.2) is 0 Å². The smallest absolute Gasteiger partial charge is 0.408 e. The maximum atomic E-state index is 11.7. The van der Waals surface area contributed by atoms with Crippen LogP contribution in [-0.2, 0) is 29.0 Å². The van der Waals surface area contributed by atoms with Crippen molar-refractivity contribution in [1.29, 1.82) is 0 Å². The number of aliphatic hydroxyl groups is 2. The summed E-state index contributed by atoms with van der Waals surface area (Å²) in [6.07, 6.45) is 1.64. The Hall–Kier alpha value is 0.470. The molecule has 0 aliphatic heterocycles. The second-order valence-electron chi connectivity index (χ2n) is 6.98. The first-order valence-corrected chi connectivity index (χ1v) is 23.4. The van der Waals surface area contributed by atoms with Gasteiger partial charge in [-0.2, -0.15) is 33.3 Å². The van der Waals surface area contributed by atoms with E-state index >= 15 is 0 Å². The number of hydrogen-bond donors (Lipinski definition) is 4. The third-order valence-corrected chi connectivity index (χ3v) is 12.7. The number of carbonyl (C=O) groups is 2. The largest absolute Gasteiger partial charge is 0.449 e. The van der Waals surface area contributed by atoms with Crippen molar-refractivity contribution in [3.8, 4) is 0 Å². The van der Waals surface area contributed by atoms with Gasteiger partial charge in [-0.15, -0.1) is 82.3 Å². The fraction of sp³-hybridized carbons (Fsp3) is 0.818. The lowest BCUT2D eigenvalue weighted by atomic mass is 10.8. The molecule has 0 saturated carbocycles.